The van der Waals surface area contributed by atoms with Gasteiger partial charge in [-0.1, -0.05) is 15.9 Å². The summed E-state index contributed by atoms with van der Waals surface area (Å²) in [5.74, 6) is -1.16. The maximum atomic E-state index is 12.7. The van der Waals surface area contributed by atoms with Gasteiger partial charge in [-0.05, 0) is 37.5 Å². The summed E-state index contributed by atoms with van der Waals surface area (Å²) < 4.78 is 27.0. The molecule has 112 valence electrons. The van der Waals surface area contributed by atoms with Crippen molar-refractivity contribution in [2.45, 2.75) is 30.2 Å². The number of halogens is 1. The van der Waals surface area contributed by atoms with E-state index in [-0.39, 0.29) is 23.4 Å². The van der Waals surface area contributed by atoms with Crippen molar-refractivity contribution in [2.75, 3.05) is 6.54 Å². The van der Waals surface area contributed by atoms with Gasteiger partial charge < -0.3 is 5.11 Å². The summed E-state index contributed by atoms with van der Waals surface area (Å²) >= 11 is 3.18. The molecule has 1 unspecified atom stereocenters. The molecule has 6 nitrogen and oxygen atoms in total. The van der Waals surface area contributed by atoms with Crippen molar-refractivity contribution in [1.82, 2.24) is 4.31 Å². The zero-order chi connectivity index (χ0) is 15.6. The second kappa shape index (κ2) is 6.13. The Labute approximate surface area is 131 Å². The average Bonchev–Trinajstić information content (AvgIpc) is 2.47. The van der Waals surface area contributed by atoms with Crippen molar-refractivity contribution in [3.8, 4) is 6.07 Å². The fraction of sp³-hybridized carbons (Fsp3) is 0.385. The summed E-state index contributed by atoms with van der Waals surface area (Å²) in [6.45, 7) is 0.149. The lowest BCUT2D eigenvalue weighted by Gasteiger charge is -2.32. The lowest BCUT2D eigenvalue weighted by atomic mass is 10.1. The molecule has 1 fully saturated rings. The Morgan fingerprint density at radius 3 is 2.76 bits per heavy atom. The van der Waals surface area contributed by atoms with E-state index < -0.39 is 22.0 Å². The van der Waals surface area contributed by atoms with Gasteiger partial charge in [-0.2, -0.15) is 9.57 Å². The molecule has 0 aliphatic carbocycles. The third kappa shape index (κ3) is 3.10. The molecule has 1 aliphatic heterocycles. The lowest BCUT2D eigenvalue weighted by molar-refractivity contribution is -0.142. The molecule has 0 amide bonds. The number of carboxylic acids is 1. The van der Waals surface area contributed by atoms with Gasteiger partial charge >= 0.3 is 5.97 Å². The molecular weight excluding hydrogens is 360 g/mol. The number of hydrogen-bond acceptors (Lipinski definition) is 4. The Kier molecular flexibility index (Phi) is 4.66. The first-order valence-electron chi connectivity index (χ1n) is 6.32. The van der Waals surface area contributed by atoms with Gasteiger partial charge in [0.2, 0.25) is 10.0 Å². The van der Waals surface area contributed by atoms with E-state index in [2.05, 4.69) is 15.9 Å². The van der Waals surface area contributed by atoms with E-state index in [1.165, 1.54) is 12.1 Å². The van der Waals surface area contributed by atoms with Crippen LogP contribution in [-0.4, -0.2) is 36.4 Å². The van der Waals surface area contributed by atoms with Crippen molar-refractivity contribution >= 4 is 31.9 Å². The molecule has 1 N–H and O–H groups in total. The van der Waals surface area contributed by atoms with Crippen molar-refractivity contribution in [2.24, 2.45) is 0 Å². The number of rotatable bonds is 3. The largest absolute Gasteiger partial charge is 0.480 e. The van der Waals surface area contributed by atoms with E-state index in [0.717, 1.165) is 4.31 Å². The predicted molar refractivity (Wildman–Crippen MR) is 78.0 cm³/mol. The van der Waals surface area contributed by atoms with Gasteiger partial charge in [0, 0.05) is 11.0 Å². The Morgan fingerprint density at radius 1 is 1.43 bits per heavy atom. The first-order valence-corrected chi connectivity index (χ1v) is 8.55. The van der Waals surface area contributed by atoms with Crippen LogP contribution in [0, 0.1) is 11.3 Å². The molecule has 0 spiro atoms. The molecule has 1 aromatic rings. The molecule has 0 saturated carbocycles. The van der Waals surface area contributed by atoms with Crippen LogP contribution in [0.4, 0.5) is 0 Å². The van der Waals surface area contributed by atoms with E-state index in [1.807, 2.05) is 6.07 Å². The number of carbonyl (C=O) groups is 1. The van der Waals surface area contributed by atoms with Crippen LogP contribution in [0.5, 0.6) is 0 Å². The number of piperidine rings is 1. The molecule has 1 saturated heterocycles. The summed E-state index contributed by atoms with van der Waals surface area (Å²) in [5.41, 5.74) is 0.00733. The monoisotopic (exact) mass is 372 g/mol. The van der Waals surface area contributed by atoms with E-state index in [1.54, 1.807) is 6.07 Å². The van der Waals surface area contributed by atoms with Crippen LogP contribution in [0.3, 0.4) is 0 Å². The minimum atomic E-state index is -4.02. The van der Waals surface area contributed by atoms with Gasteiger partial charge in [-0.3, -0.25) is 4.79 Å². The number of sulfonamides is 1. The van der Waals surface area contributed by atoms with Crippen molar-refractivity contribution in [3.63, 3.8) is 0 Å². The second-order valence-electron chi connectivity index (χ2n) is 4.72. The molecule has 1 aromatic carbocycles. The number of aliphatic carboxylic acids is 1. The van der Waals surface area contributed by atoms with Crippen molar-refractivity contribution in [3.05, 3.63) is 28.2 Å². The second-order valence-corrected chi connectivity index (χ2v) is 7.49. The molecule has 21 heavy (non-hydrogen) atoms. The van der Waals surface area contributed by atoms with Gasteiger partial charge in [0.25, 0.3) is 0 Å². The third-order valence-electron chi connectivity index (χ3n) is 3.39. The normalized spacial score (nSPS) is 19.9. The molecule has 0 radical (unpaired) electrons. The number of nitriles is 1. The molecular formula is C13H13BrN2O4S. The highest BCUT2D eigenvalue weighted by Crippen LogP contribution is 2.29. The molecule has 1 atom stereocenters. The average molecular weight is 373 g/mol. The fourth-order valence-electron chi connectivity index (χ4n) is 2.37. The van der Waals surface area contributed by atoms with Gasteiger partial charge in [0.05, 0.1) is 5.56 Å². The molecule has 1 aliphatic rings. The summed E-state index contributed by atoms with van der Waals surface area (Å²) in [6.07, 6.45) is 1.57. The van der Waals surface area contributed by atoms with Crippen LogP contribution in [0.15, 0.2) is 27.6 Å². The highest BCUT2D eigenvalue weighted by atomic mass is 79.9. The molecule has 0 bridgehead atoms. The highest BCUT2D eigenvalue weighted by molar-refractivity contribution is 9.10. The first kappa shape index (κ1) is 15.9. The zero-order valence-corrected chi connectivity index (χ0v) is 13.4. The minimum absolute atomic E-state index is 0.00733. The zero-order valence-electron chi connectivity index (χ0n) is 11.0. The molecule has 1 heterocycles. The summed E-state index contributed by atoms with van der Waals surface area (Å²) in [5, 5.41) is 18.3. The third-order valence-corrected chi connectivity index (χ3v) is 5.83. The summed E-state index contributed by atoms with van der Waals surface area (Å²) in [4.78, 5) is 11.1. The molecule has 8 heteroatoms. The summed E-state index contributed by atoms with van der Waals surface area (Å²) in [7, 11) is -4.02. The number of benzene rings is 1. The van der Waals surface area contributed by atoms with Crippen LogP contribution in [0.1, 0.15) is 24.8 Å². The van der Waals surface area contributed by atoms with Crippen LogP contribution >= 0.6 is 15.9 Å². The highest BCUT2D eigenvalue weighted by Gasteiger charge is 2.38. The Balaban J connectivity index is 2.53. The standard InChI is InChI=1S/C13H13BrN2O4S/c14-10-5-4-9(8-15)12(7-10)21(19,20)16-6-2-1-3-11(16)13(17)18/h4-5,7,11H,1-3,6H2,(H,17,18). The molecule has 2 rings (SSSR count). The number of carboxylic acid groups (broad SMARTS) is 1. The number of nitrogens with zero attached hydrogens (tertiary/aromatic N) is 2. The fourth-order valence-corrected chi connectivity index (χ4v) is 4.70. The van der Waals surface area contributed by atoms with Crippen LogP contribution in [-0.2, 0) is 14.8 Å². The lowest BCUT2D eigenvalue weighted by Crippen LogP contribution is -2.47. The first-order chi connectivity index (χ1) is 9.87. The summed E-state index contributed by atoms with van der Waals surface area (Å²) in [6, 6.07) is 5.07. The Morgan fingerprint density at radius 2 is 2.14 bits per heavy atom. The van der Waals surface area contributed by atoms with Crippen molar-refractivity contribution < 1.29 is 18.3 Å². The topological polar surface area (TPSA) is 98.5 Å². The van der Waals surface area contributed by atoms with Gasteiger partial charge in [0.1, 0.15) is 17.0 Å². The van der Waals surface area contributed by atoms with E-state index in [4.69, 9.17) is 5.26 Å². The quantitative estimate of drug-likeness (QED) is 0.873. The van der Waals surface area contributed by atoms with Gasteiger partial charge in [-0.25, -0.2) is 8.42 Å². The van der Waals surface area contributed by atoms with Crippen LogP contribution < -0.4 is 0 Å². The van der Waals surface area contributed by atoms with Crippen LogP contribution in [0.25, 0.3) is 0 Å². The van der Waals surface area contributed by atoms with Gasteiger partial charge in [0.15, 0.2) is 0 Å². The van der Waals surface area contributed by atoms with E-state index >= 15 is 0 Å². The Hall–Kier alpha value is -1.43. The van der Waals surface area contributed by atoms with Gasteiger partial charge in [-0.15, -0.1) is 0 Å². The predicted octanol–water partition coefficient (Wildman–Crippen LogP) is 1.95. The Bertz CT molecular complexity index is 711. The maximum Gasteiger partial charge on any atom is 0.322 e. The minimum Gasteiger partial charge on any atom is -0.480 e. The van der Waals surface area contributed by atoms with E-state index in [9.17, 15) is 18.3 Å². The molecule has 0 aromatic heterocycles. The van der Waals surface area contributed by atoms with Crippen LogP contribution in [0.2, 0.25) is 0 Å². The SMILES string of the molecule is N#Cc1ccc(Br)cc1S(=O)(=O)N1CCCCC1C(=O)O. The maximum absolute atomic E-state index is 12.7. The smallest absolute Gasteiger partial charge is 0.322 e. The van der Waals surface area contributed by atoms with Crippen molar-refractivity contribution in [1.29, 1.82) is 5.26 Å². The number of hydrogen-bond donors (Lipinski definition) is 1. The van der Waals surface area contributed by atoms with E-state index in [0.29, 0.717) is 17.3 Å².